The second-order valence-corrected chi connectivity index (χ2v) is 7.03. The average Bonchev–Trinajstić information content (AvgIpc) is 2.12. The zero-order valence-electron chi connectivity index (χ0n) is 9.29. The van der Waals surface area contributed by atoms with Gasteiger partial charge in [0.25, 0.3) is 0 Å². The van der Waals surface area contributed by atoms with E-state index >= 15 is 0 Å². The smallest absolute Gasteiger partial charge is 0.150 e. The van der Waals surface area contributed by atoms with Crippen LogP contribution in [0.3, 0.4) is 0 Å². The van der Waals surface area contributed by atoms with Crippen LogP contribution in [0.15, 0.2) is 0 Å². The van der Waals surface area contributed by atoms with Gasteiger partial charge in [0.1, 0.15) is 9.84 Å². The van der Waals surface area contributed by atoms with E-state index < -0.39 is 9.84 Å². The predicted molar refractivity (Wildman–Crippen MR) is 62.7 cm³/mol. The zero-order valence-corrected chi connectivity index (χ0v) is 10.9. The summed E-state index contributed by atoms with van der Waals surface area (Å²) < 4.78 is 22.3. The van der Waals surface area contributed by atoms with Gasteiger partial charge in [-0.25, -0.2) is 8.42 Å². The van der Waals surface area contributed by atoms with Crippen LogP contribution in [0.2, 0.25) is 0 Å². The fourth-order valence-corrected chi connectivity index (χ4v) is 2.23. The summed E-state index contributed by atoms with van der Waals surface area (Å²) in [4.78, 5) is 0. The van der Waals surface area contributed by atoms with Gasteiger partial charge in [0.15, 0.2) is 0 Å². The number of alkyl halides is 1. The monoisotopic (exact) mass is 240 g/mol. The molecule has 0 N–H and O–H groups in total. The number of hydrogen-bond acceptors (Lipinski definition) is 2. The third-order valence-electron chi connectivity index (χ3n) is 2.35. The lowest BCUT2D eigenvalue weighted by Gasteiger charge is -2.12. The molecule has 0 saturated heterocycles. The topological polar surface area (TPSA) is 34.1 Å². The highest BCUT2D eigenvalue weighted by molar-refractivity contribution is 7.91. The van der Waals surface area contributed by atoms with E-state index in [-0.39, 0.29) is 11.1 Å². The Hall–Kier alpha value is 0.240. The maximum Gasteiger partial charge on any atom is 0.150 e. The Kier molecular flexibility index (Phi) is 6.79. The Labute approximate surface area is 93.0 Å². The minimum absolute atomic E-state index is 0.180. The van der Waals surface area contributed by atoms with Crippen molar-refractivity contribution in [2.75, 3.05) is 11.5 Å². The molecule has 0 aliphatic heterocycles. The highest BCUT2D eigenvalue weighted by Gasteiger charge is 2.10. The molecule has 1 atom stereocenters. The van der Waals surface area contributed by atoms with Crippen molar-refractivity contribution in [1.29, 1.82) is 0 Å². The Bertz CT molecular complexity index is 235. The number of rotatable bonds is 7. The van der Waals surface area contributed by atoms with E-state index in [0.717, 1.165) is 19.3 Å². The fraction of sp³-hybridized carbons (Fsp3) is 1.00. The summed E-state index contributed by atoms with van der Waals surface area (Å²) in [7, 11) is -2.78. The molecule has 14 heavy (non-hydrogen) atoms. The normalized spacial score (nSPS) is 14.6. The first-order valence-corrected chi connectivity index (χ1v) is 7.49. The molecule has 0 amide bonds. The van der Waals surface area contributed by atoms with Gasteiger partial charge < -0.3 is 0 Å². The average molecular weight is 241 g/mol. The Balaban J connectivity index is 3.57. The van der Waals surface area contributed by atoms with Crippen LogP contribution in [0.4, 0.5) is 0 Å². The van der Waals surface area contributed by atoms with E-state index in [1.807, 2.05) is 0 Å². The number of unbranched alkanes of at least 4 members (excludes halogenated alkanes) is 1. The van der Waals surface area contributed by atoms with Crippen molar-refractivity contribution in [3.05, 3.63) is 0 Å². The summed E-state index contributed by atoms with van der Waals surface area (Å²) in [5.41, 5.74) is 0. The maximum atomic E-state index is 11.1. The van der Waals surface area contributed by atoms with Gasteiger partial charge >= 0.3 is 0 Å². The lowest BCUT2D eigenvalue weighted by Crippen LogP contribution is -2.11. The molecule has 0 aromatic rings. The largest absolute Gasteiger partial charge is 0.229 e. The zero-order chi connectivity index (χ0) is 11.2. The molecule has 0 radical (unpaired) electrons. The van der Waals surface area contributed by atoms with Crippen molar-refractivity contribution in [2.45, 2.75) is 45.4 Å². The summed E-state index contributed by atoms with van der Waals surface area (Å²) in [5.74, 6) is 1.03. The van der Waals surface area contributed by atoms with Crippen molar-refractivity contribution in [3.63, 3.8) is 0 Å². The second kappa shape index (κ2) is 6.67. The summed E-state index contributed by atoms with van der Waals surface area (Å²) in [6, 6.07) is 0. The van der Waals surface area contributed by atoms with Crippen LogP contribution in [0, 0.1) is 5.92 Å². The van der Waals surface area contributed by atoms with Crippen molar-refractivity contribution >= 4 is 21.4 Å². The molecule has 0 bridgehead atoms. The molecular formula is C10H21ClO2S. The first-order valence-electron chi connectivity index (χ1n) is 5.23. The van der Waals surface area contributed by atoms with Crippen molar-refractivity contribution < 1.29 is 8.42 Å². The Morgan fingerprint density at radius 1 is 1.21 bits per heavy atom. The molecule has 0 saturated carbocycles. The number of hydrogen-bond donors (Lipinski definition) is 0. The van der Waals surface area contributed by atoms with Crippen molar-refractivity contribution in [3.8, 4) is 0 Å². The molecule has 0 aromatic heterocycles. The highest BCUT2D eigenvalue weighted by Crippen LogP contribution is 2.16. The molecule has 0 rings (SSSR count). The minimum Gasteiger partial charge on any atom is -0.229 e. The molecule has 4 heteroatoms. The standard InChI is InChI=1S/C10H21ClO2S/c1-4-14(12,13)8-6-5-7-10(11)9(2)3/h9-10H,4-8H2,1-3H3. The molecule has 2 nitrogen and oxygen atoms in total. The van der Waals surface area contributed by atoms with E-state index in [9.17, 15) is 8.42 Å². The summed E-state index contributed by atoms with van der Waals surface area (Å²) in [6.45, 7) is 5.86. The van der Waals surface area contributed by atoms with E-state index in [1.165, 1.54) is 0 Å². The summed E-state index contributed by atoms with van der Waals surface area (Å²) in [6.07, 6.45) is 2.57. The molecule has 0 spiro atoms. The first kappa shape index (κ1) is 14.2. The third kappa shape index (κ3) is 6.66. The molecule has 86 valence electrons. The van der Waals surface area contributed by atoms with Crippen LogP contribution in [-0.4, -0.2) is 25.3 Å². The van der Waals surface area contributed by atoms with Crippen LogP contribution < -0.4 is 0 Å². The molecule has 0 aliphatic carbocycles. The number of halogens is 1. The van der Waals surface area contributed by atoms with Crippen molar-refractivity contribution in [1.82, 2.24) is 0 Å². The van der Waals surface area contributed by atoms with Gasteiger partial charge in [-0.1, -0.05) is 27.2 Å². The predicted octanol–water partition coefficient (Wildman–Crippen LogP) is 2.85. The van der Waals surface area contributed by atoms with Gasteiger partial charge in [0, 0.05) is 11.1 Å². The van der Waals surface area contributed by atoms with E-state index in [0.29, 0.717) is 11.7 Å². The Morgan fingerprint density at radius 3 is 2.21 bits per heavy atom. The van der Waals surface area contributed by atoms with Gasteiger partial charge in [0.05, 0.1) is 5.75 Å². The SMILES string of the molecule is CCS(=O)(=O)CCCCC(Cl)C(C)C. The van der Waals surface area contributed by atoms with Crippen LogP contribution >= 0.6 is 11.6 Å². The molecule has 1 unspecified atom stereocenters. The highest BCUT2D eigenvalue weighted by atomic mass is 35.5. The summed E-state index contributed by atoms with van der Waals surface area (Å²) >= 11 is 6.05. The van der Waals surface area contributed by atoms with E-state index in [1.54, 1.807) is 6.92 Å². The second-order valence-electron chi connectivity index (χ2n) is 3.99. The van der Waals surface area contributed by atoms with Gasteiger partial charge in [-0.05, 0) is 18.8 Å². The molecule has 0 heterocycles. The quantitative estimate of drug-likeness (QED) is 0.507. The number of sulfone groups is 1. The van der Waals surface area contributed by atoms with Gasteiger partial charge in [-0.2, -0.15) is 0 Å². The first-order chi connectivity index (χ1) is 6.39. The fourth-order valence-electron chi connectivity index (χ4n) is 1.14. The maximum absolute atomic E-state index is 11.1. The van der Waals surface area contributed by atoms with E-state index in [2.05, 4.69) is 13.8 Å². The van der Waals surface area contributed by atoms with Crippen LogP contribution in [0.1, 0.15) is 40.0 Å². The summed E-state index contributed by atoms with van der Waals surface area (Å²) in [5, 5.41) is 0.180. The molecule has 0 fully saturated rings. The van der Waals surface area contributed by atoms with Gasteiger partial charge in [-0.15, -0.1) is 11.6 Å². The van der Waals surface area contributed by atoms with Gasteiger partial charge in [0.2, 0.25) is 0 Å². The van der Waals surface area contributed by atoms with Crippen molar-refractivity contribution in [2.24, 2.45) is 5.92 Å². The molecule has 0 aromatic carbocycles. The van der Waals surface area contributed by atoms with Crippen LogP contribution in [0.5, 0.6) is 0 Å². The molecule has 0 aliphatic rings. The van der Waals surface area contributed by atoms with Gasteiger partial charge in [-0.3, -0.25) is 0 Å². The Morgan fingerprint density at radius 2 is 1.79 bits per heavy atom. The minimum atomic E-state index is -2.78. The lowest BCUT2D eigenvalue weighted by molar-refractivity contribution is 0.540. The third-order valence-corrected chi connectivity index (χ3v) is 4.86. The van der Waals surface area contributed by atoms with Crippen LogP contribution in [-0.2, 0) is 9.84 Å². The van der Waals surface area contributed by atoms with Crippen LogP contribution in [0.25, 0.3) is 0 Å². The van der Waals surface area contributed by atoms with E-state index in [4.69, 9.17) is 11.6 Å². The lowest BCUT2D eigenvalue weighted by atomic mass is 10.1. The molecular weight excluding hydrogens is 220 g/mol.